The van der Waals surface area contributed by atoms with E-state index in [0.29, 0.717) is 60.4 Å². The Balaban J connectivity index is 1.71. The lowest BCUT2D eigenvalue weighted by Gasteiger charge is -2.37. The highest BCUT2D eigenvalue weighted by Gasteiger charge is 2.22. The van der Waals surface area contributed by atoms with Crippen molar-refractivity contribution in [2.45, 2.75) is 13.3 Å². The fourth-order valence-corrected chi connectivity index (χ4v) is 3.95. The minimum atomic E-state index is -0.403. The van der Waals surface area contributed by atoms with Crippen LogP contribution in [-0.2, 0) is 4.79 Å². The molecule has 1 saturated heterocycles. The van der Waals surface area contributed by atoms with Crippen molar-refractivity contribution >= 4 is 52.1 Å². The Morgan fingerprint density at radius 1 is 1.03 bits per heavy atom. The number of halogens is 1. The number of nitrogens with one attached hydrogen (secondary N) is 2. The maximum Gasteiger partial charge on any atom is 0.257 e. The van der Waals surface area contributed by atoms with E-state index in [4.69, 9.17) is 33.3 Å². The van der Waals surface area contributed by atoms with Crippen LogP contribution in [0.1, 0.15) is 23.7 Å². The largest absolute Gasteiger partial charge is 0.497 e. The van der Waals surface area contributed by atoms with Gasteiger partial charge in [-0.1, -0.05) is 18.5 Å². The molecule has 8 nitrogen and oxygen atoms in total. The molecule has 0 radical (unpaired) electrons. The number of hydrogen-bond donors (Lipinski definition) is 2. The van der Waals surface area contributed by atoms with Crippen LogP contribution in [-0.4, -0.2) is 62.2 Å². The van der Waals surface area contributed by atoms with E-state index in [1.165, 1.54) is 14.2 Å². The molecule has 33 heavy (non-hydrogen) atoms. The Morgan fingerprint density at radius 2 is 1.67 bits per heavy atom. The summed E-state index contributed by atoms with van der Waals surface area (Å²) >= 11 is 11.6. The van der Waals surface area contributed by atoms with Crippen LogP contribution in [0.15, 0.2) is 36.4 Å². The molecular weight excluding hydrogens is 464 g/mol. The van der Waals surface area contributed by atoms with Crippen molar-refractivity contribution in [3.05, 3.63) is 47.0 Å². The highest BCUT2D eigenvalue weighted by Crippen LogP contribution is 2.30. The second kappa shape index (κ2) is 11.2. The van der Waals surface area contributed by atoms with Crippen molar-refractivity contribution in [1.82, 2.24) is 10.2 Å². The Morgan fingerprint density at radius 3 is 2.24 bits per heavy atom. The molecule has 176 valence electrons. The first-order chi connectivity index (χ1) is 15.8. The fraction of sp³-hybridized carbons (Fsp3) is 0.348. The molecule has 1 heterocycles. The lowest BCUT2D eigenvalue weighted by Crippen LogP contribution is -2.48. The molecule has 0 unspecified atom stereocenters. The number of methoxy groups -OCH3 is 2. The van der Waals surface area contributed by atoms with Crippen molar-refractivity contribution in [3.63, 3.8) is 0 Å². The molecule has 10 heteroatoms. The number of ether oxygens (including phenoxy) is 2. The topological polar surface area (TPSA) is 83.1 Å². The minimum absolute atomic E-state index is 0.130. The molecule has 0 saturated carbocycles. The van der Waals surface area contributed by atoms with Crippen molar-refractivity contribution in [3.8, 4) is 11.5 Å². The normalized spacial score (nSPS) is 13.3. The number of hydrogen-bond acceptors (Lipinski definition) is 6. The van der Waals surface area contributed by atoms with Gasteiger partial charge in [-0.15, -0.1) is 0 Å². The van der Waals surface area contributed by atoms with Crippen LogP contribution < -0.4 is 25.0 Å². The van der Waals surface area contributed by atoms with Gasteiger partial charge < -0.3 is 24.6 Å². The molecule has 0 aromatic heterocycles. The van der Waals surface area contributed by atoms with Crippen LogP contribution in [0.2, 0.25) is 5.02 Å². The molecule has 0 aliphatic carbocycles. The van der Waals surface area contributed by atoms with Gasteiger partial charge in [-0.05, 0) is 42.5 Å². The molecule has 1 aliphatic rings. The summed E-state index contributed by atoms with van der Waals surface area (Å²) in [6, 6.07) is 10.3. The van der Waals surface area contributed by atoms with Gasteiger partial charge in [-0.25, -0.2) is 0 Å². The second-order valence-electron chi connectivity index (χ2n) is 7.39. The Bertz CT molecular complexity index is 1020. The summed E-state index contributed by atoms with van der Waals surface area (Å²) in [7, 11) is 3.03. The molecule has 0 spiro atoms. The predicted molar refractivity (Wildman–Crippen MR) is 134 cm³/mol. The number of nitrogens with zero attached hydrogens (tertiary/aromatic N) is 2. The van der Waals surface area contributed by atoms with E-state index in [9.17, 15) is 9.59 Å². The molecule has 3 rings (SSSR count). The Kier molecular flexibility index (Phi) is 8.35. The van der Waals surface area contributed by atoms with E-state index >= 15 is 0 Å². The molecule has 1 fully saturated rings. The van der Waals surface area contributed by atoms with E-state index in [2.05, 4.69) is 15.5 Å². The van der Waals surface area contributed by atoms with Crippen LogP contribution in [0.4, 0.5) is 11.4 Å². The van der Waals surface area contributed by atoms with Gasteiger partial charge in [0.2, 0.25) is 5.91 Å². The second-order valence-corrected chi connectivity index (χ2v) is 8.24. The van der Waals surface area contributed by atoms with Gasteiger partial charge in [0.25, 0.3) is 5.91 Å². The van der Waals surface area contributed by atoms with Crippen LogP contribution >= 0.6 is 23.8 Å². The molecule has 2 amide bonds. The Hall–Kier alpha value is -3.04. The zero-order chi connectivity index (χ0) is 24.0. The van der Waals surface area contributed by atoms with Crippen LogP contribution in [0, 0.1) is 0 Å². The summed E-state index contributed by atoms with van der Waals surface area (Å²) < 4.78 is 10.4. The minimum Gasteiger partial charge on any atom is -0.497 e. The van der Waals surface area contributed by atoms with Gasteiger partial charge in [0, 0.05) is 49.3 Å². The van der Waals surface area contributed by atoms with E-state index in [1.54, 1.807) is 30.3 Å². The third kappa shape index (κ3) is 6.27. The van der Waals surface area contributed by atoms with E-state index in [0.717, 1.165) is 5.69 Å². The SMILES string of the molecule is CCC(=O)N1CCN(c2ccc(Cl)cc2NC(=S)NC(=O)c2cc(OC)cc(OC)c2)CC1. The predicted octanol–water partition coefficient (Wildman–Crippen LogP) is 3.54. The first-order valence-electron chi connectivity index (χ1n) is 10.5. The number of piperazine rings is 1. The lowest BCUT2D eigenvalue weighted by molar-refractivity contribution is -0.131. The van der Waals surface area contributed by atoms with Gasteiger partial charge in [0.15, 0.2) is 5.11 Å². The fourth-order valence-electron chi connectivity index (χ4n) is 3.57. The first kappa shape index (κ1) is 24.6. The van der Waals surface area contributed by atoms with Gasteiger partial charge in [-0.2, -0.15) is 0 Å². The molecule has 2 aromatic carbocycles. The number of benzene rings is 2. The van der Waals surface area contributed by atoms with Gasteiger partial charge >= 0.3 is 0 Å². The monoisotopic (exact) mass is 490 g/mol. The van der Waals surface area contributed by atoms with E-state index < -0.39 is 5.91 Å². The molecule has 0 atom stereocenters. The van der Waals surface area contributed by atoms with Crippen molar-refractivity contribution in [2.24, 2.45) is 0 Å². The van der Waals surface area contributed by atoms with Gasteiger partial charge in [0.05, 0.1) is 25.6 Å². The number of carbonyl (C=O) groups is 2. The average Bonchev–Trinajstić information content (AvgIpc) is 2.83. The number of anilines is 2. The van der Waals surface area contributed by atoms with E-state index in [-0.39, 0.29) is 11.0 Å². The molecular formula is C23H27ClN4O4S. The maximum absolute atomic E-state index is 12.7. The van der Waals surface area contributed by atoms with Crippen molar-refractivity contribution in [2.75, 3.05) is 50.6 Å². The van der Waals surface area contributed by atoms with Crippen molar-refractivity contribution in [1.29, 1.82) is 0 Å². The summed E-state index contributed by atoms with van der Waals surface area (Å²) in [4.78, 5) is 28.7. The molecule has 1 aliphatic heterocycles. The lowest BCUT2D eigenvalue weighted by atomic mass is 10.2. The number of amides is 2. The molecule has 2 aromatic rings. The van der Waals surface area contributed by atoms with Crippen LogP contribution in [0.5, 0.6) is 11.5 Å². The zero-order valence-corrected chi connectivity index (χ0v) is 20.4. The first-order valence-corrected chi connectivity index (χ1v) is 11.3. The summed E-state index contributed by atoms with van der Waals surface area (Å²) in [6.07, 6.45) is 0.501. The number of thiocarbonyl (C=S) groups is 1. The summed E-state index contributed by atoms with van der Waals surface area (Å²) in [5.74, 6) is 0.745. The van der Waals surface area contributed by atoms with Crippen molar-refractivity contribution < 1.29 is 19.1 Å². The van der Waals surface area contributed by atoms with Gasteiger partial charge in [-0.3, -0.25) is 14.9 Å². The zero-order valence-electron chi connectivity index (χ0n) is 18.8. The molecule has 0 bridgehead atoms. The summed E-state index contributed by atoms with van der Waals surface area (Å²) in [5.41, 5.74) is 1.91. The smallest absolute Gasteiger partial charge is 0.257 e. The van der Waals surface area contributed by atoms with Crippen LogP contribution in [0.3, 0.4) is 0 Å². The average molecular weight is 491 g/mol. The van der Waals surface area contributed by atoms with Gasteiger partial charge in [0.1, 0.15) is 11.5 Å². The number of rotatable bonds is 6. The highest BCUT2D eigenvalue weighted by molar-refractivity contribution is 7.80. The number of carbonyl (C=O) groups excluding carboxylic acids is 2. The van der Waals surface area contributed by atoms with Crippen LogP contribution in [0.25, 0.3) is 0 Å². The summed E-state index contributed by atoms with van der Waals surface area (Å²) in [6.45, 7) is 4.53. The maximum atomic E-state index is 12.7. The van der Waals surface area contributed by atoms with E-state index in [1.807, 2.05) is 17.9 Å². The standard InChI is InChI=1S/C23H27ClN4O4S/c1-4-21(29)28-9-7-27(8-10-28)20-6-5-16(24)13-19(20)25-23(33)26-22(30)15-11-17(31-2)14-18(12-15)32-3/h5-6,11-14H,4,7-10H2,1-3H3,(H2,25,26,30,33). The highest BCUT2D eigenvalue weighted by atomic mass is 35.5. The Labute approximate surface area is 203 Å². The third-order valence-electron chi connectivity index (χ3n) is 5.32. The third-order valence-corrected chi connectivity index (χ3v) is 5.76. The molecule has 2 N–H and O–H groups in total. The summed E-state index contributed by atoms with van der Waals surface area (Å²) in [5, 5.41) is 6.43. The quantitative estimate of drug-likeness (QED) is 0.599.